The van der Waals surface area contributed by atoms with Crippen LogP contribution in [0, 0.1) is 10.9 Å². The second-order valence-electron chi connectivity index (χ2n) is 4.47. The van der Waals surface area contributed by atoms with Gasteiger partial charge in [0.05, 0.1) is 23.2 Å². The SMILES string of the molecule is COC1=Nc2cc(F)ccc2C(=CC(=O)O)c2sc(F)cc21. The van der Waals surface area contributed by atoms with Crippen molar-refractivity contribution >= 4 is 34.5 Å². The maximum atomic E-state index is 13.7. The molecular weight excluding hydrogens is 312 g/mol. The van der Waals surface area contributed by atoms with E-state index in [-0.39, 0.29) is 17.2 Å². The summed E-state index contributed by atoms with van der Waals surface area (Å²) in [5.74, 6) is -1.59. The maximum absolute atomic E-state index is 13.7. The van der Waals surface area contributed by atoms with E-state index < -0.39 is 16.9 Å². The topological polar surface area (TPSA) is 58.9 Å². The van der Waals surface area contributed by atoms with Crippen molar-refractivity contribution in [1.82, 2.24) is 0 Å². The number of aliphatic carboxylic acids is 1. The average Bonchev–Trinajstić information content (AvgIpc) is 2.79. The number of aliphatic imine (C=N–C) groups is 1. The molecule has 1 aliphatic rings. The molecule has 0 bridgehead atoms. The number of fused-ring (bicyclic) bond motifs is 2. The molecule has 0 saturated carbocycles. The molecule has 0 fully saturated rings. The monoisotopic (exact) mass is 321 g/mol. The van der Waals surface area contributed by atoms with Gasteiger partial charge in [-0.15, -0.1) is 11.3 Å². The van der Waals surface area contributed by atoms with Crippen LogP contribution in [-0.4, -0.2) is 24.1 Å². The summed E-state index contributed by atoms with van der Waals surface area (Å²) in [7, 11) is 1.36. The minimum Gasteiger partial charge on any atom is -0.481 e. The summed E-state index contributed by atoms with van der Waals surface area (Å²) in [5, 5.41) is 8.60. The number of rotatable bonds is 1. The number of ether oxygens (including phenoxy) is 1. The number of hydrogen-bond donors (Lipinski definition) is 1. The summed E-state index contributed by atoms with van der Waals surface area (Å²) in [5.41, 5.74) is 1.24. The number of carboxylic acid groups (broad SMARTS) is 1. The normalized spacial score (nSPS) is 14.9. The lowest BCUT2D eigenvalue weighted by Crippen LogP contribution is -2.03. The molecule has 112 valence electrons. The third-order valence-corrected chi connectivity index (χ3v) is 4.07. The highest BCUT2D eigenvalue weighted by atomic mass is 32.1. The zero-order valence-electron chi connectivity index (χ0n) is 11.3. The summed E-state index contributed by atoms with van der Waals surface area (Å²) in [6.45, 7) is 0. The van der Waals surface area contributed by atoms with Crippen LogP contribution in [0.1, 0.15) is 16.0 Å². The van der Waals surface area contributed by atoms with E-state index in [0.717, 1.165) is 17.4 Å². The Hall–Kier alpha value is -2.54. The highest BCUT2D eigenvalue weighted by Crippen LogP contribution is 2.40. The van der Waals surface area contributed by atoms with Crippen LogP contribution in [0.15, 0.2) is 35.3 Å². The molecule has 0 radical (unpaired) electrons. The predicted octanol–water partition coefficient (Wildman–Crippen LogP) is 3.58. The highest BCUT2D eigenvalue weighted by Gasteiger charge is 2.25. The van der Waals surface area contributed by atoms with Crippen LogP contribution in [0.5, 0.6) is 0 Å². The fraction of sp³-hybridized carbons (Fsp3) is 0.0667. The van der Waals surface area contributed by atoms with Crippen LogP contribution in [0.4, 0.5) is 14.5 Å². The number of methoxy groups -OCH3 is 1. The number of carboxylic acids is 1. The third-order valence-electron chi connectivity index (χ3n) is 3.11. The lowest BCUT2D eigenvalue weighted by atomic mass is 10.0. The fourth-order valence-electron chi connectivity index (χ4n) is 2.26. The molecule has 1 N–H and O–H groups in total. The molecule has 0 saturated heterocycles. The Labute approximate surface area is 128 Å². The Morgan fingerprint density at radius 2 is 2.09 bits per heavy atom. The first-order chi connectivity index (χ1) is 10.5. The predicted molar refractivity (Wildman–Crippen MR) is 78.6 cm³/mol. The molecule has 4 nitrogen and oxygen atoms in total. The van der Waals surface area contributed by atoms with Gasteiger partial charge in [0.2, 0.25) is 5.90 Å². The van der Waals surface area contributed by atoms with E-state index in [1.807, 2.05) is 0 Å². The number of hydrogen-bond acceptors (Lipinski definition) is 4. The average molecular weight is 321 g/mol. The molecule has 7 heteroatoms. The largest absolute Gasteiger partial charge is 0.481 e. The third kappa shape index (κ3) is 2.39. The number of nitrogens with zero attached hydrogens (tertiary/aromatic N) is 1. The minimum atomic E-state index is -1.19. The van der Waals surface area contributed by atoms with E-state index in [2.05, 4.69) is 4.99 Å². The summed E-state index contributed by atoms with van der Waals surface area (Å²) >= 11 is 0.788. The summed E-state index contributed by atoms with van der Waals surface area (Å²) in [4.78, 5) is 15.7. The molecule has 0 atom stereocenters. The van der Waals surface area contributed by atoms with E-state index in [9.17, 15) is 13.6 Å². The first kappa shape index (κ1) is 14.4. The van der Waals surface area contributed by atoms with Crippen LogP contribution < -0.4 is 0 Å². The van der Waals surface area contributed by atoms with Gasteiger partial charge < -0.3 is 9.84 Å². The van der Waals surface area contributed by atoms with Gasteiger partial charge in [-0.25, -0.2) is 14.2 Å². The molecule has 2 aromatic rings. The van der Waals surface area contributed by atoms with Crippen molar-refractivity contribution in [2.75, 3.05) is 7.11 Å². The van der Waals surface area contributed by atoms with Crippen molar-refractivity contribution in [3.05, 3.63) is 57.3 Å². The minimum absolute atomic E-state index is 0.107. The van der Waals surface area contributed by atoms with Crippen molar-refractivity contribution in [1.29, 1.82) is 0 Å². The van der Waals surface area contributed by atoms with Gasteiger partial charge in [0.1, 0.15) is 5.82 Å². The standard InChI is InChI=1S/C15H9F2NO3S/c1-21-15-10-5-12(17)22-14(10)9(6-13(19)20)8-3-2-7(16)4-11(8)18-15/h2-6H,1H3,(H,19,20). The first-order valence-corrected chi connectivity index (χ1v) is 6.98. The molecule has 0 spiro atoms. The summed E-state index contributed by atoms with van der Waals surface area (Å²) < 4.78 is 32.3. The molecule has 0 amide bonds. The summed E-state index contributed by atoms with van der Waals surface area (Å²) in [6, 6.07) is 5.02. The Morgan fingerprint density at radius 3 is 2.77 bits per heavy atom. The van der Waals surface area contributed by atoms with Gasteiger partial charge >= 0.3 is 5.97 Å². The highest BCUT2D eigenvalue weighted by molar-refractivity contribution is 7.12. The molecule has 0 aliphatic carbocycles. The van der Waals surface area contributed by atoms with Crippen LogP contribution in [0.25, 0.3) is 5.57 Å². The molecule has 0 unspecified atom stereocenters. The molecule has 2 heterocycles. The Kier molecular flexibility index (Phi) is 3.50. The zero-order valence-corrected chi connectivity index (χ0v) is 12.1. The Bertz CT molecular complexity index is 839. The zero-order chi connectivity index (χ0) is 15.9. The van der Waals surface area contributed by atoms with Crippen LogP contribution >= 0.6 is 11.3 Å². The first-order valence-electron chi connectivity index (χ1n) is 6.17. The molecule has 3 rings (SSSR count). The Morgan fingerprint density at radius 1 is 1.32 bits per heavy atom. The van der Waals surface area contributed by atoms with E-state index >= 15 is 0 Å². The fourth-order valence-corrected chi connectivity index (χ4v) is 3.17. The number of thiophene rings is 1. The van der Waals surface area contributed by atoms with Crippen molar-refractivity contribution in [2.24, 2.45) is 4.99 Å². The Balaban J connectivity index is 2.38. The maximum Gasteiger partial charge on any atom is 0.328 e. The lowest BCUT2D eigenvalue weighted by molar-refractivity contribution is -0.131. The second kappa shape index (κ2) is 5.34. The summed E-state index contributed by atoms with van der Waals surface area (Å²) in [6.07, 6.45) is 0.958. The van der Waals surface area contributed by atoms with Gasteiger partial charge in [0.25, 0.3) is 0 Å². The van der Waals surface area contributed by atoms with Crippen LogP contribution in [0.3, 0.4) is 0 Å². The van der Waals surface area contributed by atoms with Gasteiger partial charge in [-0.2, -0.15) is 4.39 Å². The van der Waals surface area contributed by atoms with Gasteiger partial charge in [-0.05, 0) is 18.2 Å². The number of halogens is 2. The van der Waals surface area contributed by atoms with Gasteiger partial charge in [0.15, 0.2) is 5.13 Å². The second-order valence-corrected chi connectivity index (χ2v) is 5.47. The van der Waals surface area contributed by atoms with Crippen molar-refractivity contribution in [3.8, 4) is 0 Å². The number of benzene rings is 1. The van der Waals surface area contributed by atoms with Crippen LogP contribution in [0.2, 0.25) is 0 Å². The van der Waals surface area contributed by atoms with Gasteiger partial charge in [-0.3, -0.25) is 0 Å². The van der Waals surface area contributed by atoms with Crippen molar-refractivity contribution < 1.29 is 23.4 Å². The molecule has 1 aliphatic heterocycles. The number of carbonyl (C=O) groups is 1. The van der Waals surface area contributed by atoms with Crippen LogP contribution in [-0.2, 0) is 9.53 Å². The molecule has 22 heavy (non-hydrogen) atoms. The van der Waals surface area contributed by atoms with E-state index in [4.69, 9.17) is 9.84 Å². The molecular formula is C15H9F2NO3S. The lowest BCUT2D eigenvalue weighted by Gasteiger charge is -2.06. The van der Waals surface area contributed by atoms with Crippen molar-refractivity contribution in [3.63, 3.8) is 0 Å². The van der Waals surface area contributed by atoms with Gasteiger partial charge in [0, 0.05) is 23.3 Å². The van der Waals surface area contributed by atoms with Crippen molar-refractivity contribution in [2.45, 2.75) is 0 Å². The quantitative estimate of drug-likeness (QED) is 0.817. The van der Waals surface area contributed by atoms with Gasteiger partial charge in [-0.1, -0.05) is 0 Å². The smallest absolute Gasteiger partial charge is 0.328 e. The molecule has 1 aromatic heterocycles. The van der Waals surface area contributed by atoms with E-state index in [1.165, 1.54) is 31.4 Å². The van der Waals surface area contributed by atoms with E-state index in [1.54, 1.807) is 0 Å². The molecule has 1 aromatic carbocycles. The van der Waals surface area contributed by atoms with E-state index in [0.29, 0.717) is 16.0 Å².